The van der Waals surface area contributed by atoms with Crippen molar-refractivity contribution in [3.05, 3.63) is 77.6 Å². The van der Waals surface area contributed by atoms with Gasteiger partial charge in [-0.25, -0.2) is 9.97 Å². The fraction of sp³-hybridized carbons (Fsp3) is 0.240. The Labute approximate surface area is 196 Å². The van der Waals surface area contributed by atoms with Crippen molar-refractivity contribution in [2.45, 2.75) is 37.5 Å². The van der Waals surface area contributed by atoms with Gasteiger partial charge >= 0.3 is 0 Å². The summed E-state index contributed by atoms with van der Waals surface area (Å²) in [7, 11) is 0. The van der Waals surface area contributed by atoms with Gasteiger partial charge < -0.3 is 20.7 Å². The Balaban J connectivity index is 1.32. The molecule has 7 nitrogen and oxygen atoms in total. The Kier molecular flexibility index (Phi) is 5.98. The molecule has 1 saturated carbocycles. The van der Waals surface area contributed by atoms with Crippen molar-refractivity contribution in [3.63, 3.8) is 0 Å². The van der Waals surface area contributed by atoms with E-state index in [1.165, 1.54) is 0 Å². The van der Waals surface area contributed by atoms with E-state index in [0.717, 1.165) is 16.5 Å². The van der Waals surface area contributed by atoms with Crippen LogP contribution in [0, 0.1) is 0 Å². The molecule has 168 valence electrons. The monoisotopic (exact) mass is 461 g/mol. The Hall–Kier alpha value is -3.42. The van der Waals surface area contributed by atoms with E-state index in [2.05, 4.69) is 25.6 Å². The van der Waals surface area contributed by atoms with E-state index in [9.17, 15) is 9.90 Å². The number of para-hydroxylation sites is 1. The molecule has 1 aliphatic carbocycles. The zero-order valence-electron chi connectivity index (χ0n) is 17.8. The minimum atomic E-state index is -0.530. The van der Waals surface area contributed by atoms with Crippen LogP contribution in [-0.4, -0.2) is 44.2 Å². The second-order valence-electron chi connectivity index (χ2n) is 8.38. The first-order valence-corrected chi connectivity index (χ1v) is 11.3. The number of anilines is 1. The standard InChI is InChI=1S/C25H24ClN5O2/c26-21-14-28-25(31-23(21)20-13-27-22-9-5-4-8-19(20)22)30-17-10-16(11-18(32)12-17)29-24(33)15-6-2-1-3-7-15/h1-9,13-14,16-18,27,32H,10-12H2,(H,29,33)(H,28,30,31). The summed E-state index contributed by atoms with van der Waals surface area (Å²) in [4.78, 5) is 24.8. The second kappa shape index (κ2) is 9.21. The number of rotatable bonds is 5. The first-order chi connectivity index (χ1) is 16.1. The molecule has 33 heavy (non-hydrogen) atoms. The molecule has 8 heteroatoms. The molecule has 1 aliphatic rings. The van der Waals surface area contributed by atoms with Gasteiger partial charge in [0.1, 0.15) is 0 Å². The SMILES string of the molecule is O=C(NC1CC(O)CC(Nc2ncc(Cl)c(-c3c[nH]c4ccccc34)n2)C1)c1ccccc1. The summed E-state index contributed by atoms with van der Waals surface area (Å²) in [5.74, 6) is 0.296. The third-order valence-corrected chi connectivity index (χ3v) is 6.25. The molecule has 4 aromatic rings. The second-order valence-corrected chi connectivity index (χ2v) is 8.78. The van der Waals surface area contributed by atoms with Gasteiger partial charge in [0.15, 0.2) is 0 Å². The van der Waals surface area contributed by atoms with E-state index in [4.69, 9.17) is 11.6 Å². The number of fused-ring (bicyclic) bond motifs is 1. The number of benzene rings is 2. The average molecular weight is 462 g/mol. The molecular weight excluding hydrogens is 438 g/mol. The maximum Gasteiger partial charge on any atom is 0.251 e. The van der Waals surface area contributed by atoms with E-state index in [-0.39, 0.29) is 18.0 Å². The van der Waals surface area contributed by atoms with Crippen molar-refractivity contribution >= 4 is 34.4 Å². The van der Waals surface area contributed by atoms with E-state index >= 15 is 0 Å². The van der Waals surface area contributed by atoms with Gasteiger partial charge in [-0.3, -0.25) is 4.79 Å². The minimum absolute atomic E-state index is 0.0909. The molecule has 0 spiro atoms. The number of carbonyl (C=O) groups is 1. The summed E-state index contributed by atoms with van der Waals surface area (Å²) in [6.07, 6.45) is 4.66. The zero-order valence-corrected chi connectivity index (χ0v) is 18.6. The summed E-state index contributed by atoms with van der Waals surface area (Å²) in [6, 6.07) is 16.8. The molecule has 3 atom stereocenters. The maximum atomic E-state index is 12.5. The summed E-state index contributed by atoms with van der Waals surface area (Å²) >= 11 is 6.44. The third-order valence-electron chi connectivity index (χ3n) is 5.98. The first-order valence-electron chi connectivity index (χ1n) is 11.0. The van der Waals surface area contributed by atoms with Crippen LogP contribution in [-0.2, 0) is 0 Å². The predicted molar refractivity (Wildman–Crippen MR) is 129 cm³/mol. The van der Waals surface area contributed by atoms with Crippen LogP contribution in [0.15, 0.2) is 67.0 Å². The highest BCUT2D eigenvalue weighted by molar-refractivity contribution is 6.33. The van der Waals surface area contributed by atoms with Crippen molar-refractivity contribution in [1.82, 2.24) is 20.3 Å². The van der Waals surface area contributed by atoms with Crippen LogP contribution in [0.25, 0.3) is 22.2 Å². The Morgan fingerprint density at radius 3 is 2.64 bits per heavy atom. The average Bonchev–Trinajstić information content (AvgIpc) is 3.24. The van der Waals surface area contributed by atoms with Crippen LogP contribution < -0.4 is 10.6 Å². The van der Waals surface area contributed by atoms with Crippen LogP contribution in [0.1, 0.15) is 29.6 Å². The number of aliphatic hydroxyl groups excluding tert-OH is 1. The molecule has 1 fully saturated rings. The minimum Gasteiger partial charge on any atom is -0.393 e. The van der Waals surface area contributed by atoms with Crippen LogP contribution in [0.5, 0.6) is 0 Å². The molecule has 0 saturated heterocycles. The predicted octanol–water partition coefficient (Wildman–Crippen LogP) is 4.40. The van der Waals surface area contributed by atoms with Crippen molar-refractivity contribution in [2.75, 3.05) is 5.32 Å². The van der Waals surface area contributed by atoms with Crippen LogP contribution in [0.4, 0.5) is 5.95 Å². The molecule has 5 rings (SSSR count). The Morgan fingerprint density at radius 2 is 1.79 bits per heavy atom. The third kappa shape index (κ3) is 4.69. The van der Waals surface area contributed by atoms with Crippen molar-refractivity contribution in [2.24, 2.45) is 0 Å². The largest absolute Gasteiger partial charge is 0.393 e. The number of aromatic amines is 1. The van der Waals surface area contributed by atoms with Crippen molar-refractivity contribution < 1.29 is 9.90 Å². The molecule has 2 heterocycles. The topological polar surface area (TPSA) is 103 Å². The lowest BCUT2D eigenvalue weighted by Gasteiger charge is -2.33. The number of amides is 1. The summed E-state index contributed by atoms with van der Waals surface area (Å²) in [5, 5.41) is 18.3. The first kappa shape index (κ1) is 21.4. The van der Waals surface area contributed by atoms with E-state index in [1.807, 2.05) is 48.7 Å². The van der Waals surface area contributed by atoms with Gasteiger partial charge in [0.05, 0.1) is 23.0 Å². The summed E-state index contributed by atoms with van der Waals surface area (Å²) in [5.41, 5.74) is 3.14. The molecule has 3 unspecified atom stereocenters. The smallest absolute Gasteiger partial charge is 0.251 e. The molecule has 0 radical (unpaired) electrons. The maximum absolute atomic E-state index is 12.5. The lowest BCUT2D eigenvalue weighted by Crippen LogP contribution is -2.46. The quantitative estimate of drug-likeness (QED) is 0.352. The fourth-order valence-corrected chi connectivity index (χ4v) is 4.65. The van der Waals surface area contributed by atoms with Gasteiger partial charge in [0.25, 0.3) is 5.91 Å². The van der Waals surface area contributed by atoms with Gasteiger partial charge in [0, 0.05) is 40.3 Å². The summed E-state index contributed by atoms with van der Waals surface area (Å²) in [6.45, 7) is 0. The normalized spacial score (nSPS) is 20.5. The number of halogens is 1. The molecular formula is C25H24ClN5O2. The van der Waals surface area contributed by atoms with Gasteiger partial charge in [-0.1, -0.05) is 48.0 Å². The van der Waals surface area contributed by atoms with Gasteiger partial charge in [0.2, 0.25) is 5.95 Å². The van der Waals surface area contributed by atoms with Crippen LogP contribution in [0.2, 0.25) is 5.02 Å². The van der Waals surface area contributed by atoms with E-state index in [1.54, 1.807) is 18.3 Å². The van der Waals surface area contributed by atoms with Gasteiger partial charge in [-0.2, -0.15) is 0 Å². The Morgan fingerprint density at radius 1 is 1.03 bits per heavy atom. The lowest BCUT2D eigenvalue weighted by atomic mass is 9.88. The Bertz CT molecular complexity index is 1280. The number of aliphatic hydroxyl groups is 1. The number of nitrogens with zero attached hydrogens (tertiary/aromatic N) is 2. The highest BCUT2D eigenvalue weighted by Crippen LogP contribution is 2.32. The van der Waals surface area contributed by atoms with Crippen molar-refractivity contribution in [3.8, 4) is 11.3 Å². The number of carbonyl (C=O) groups excluding carboxylic acids is 1. The lowest BCUT2D eigenvalue weighted by molar-refractivity contribution is 0.0832. The zero-order chi connectivity index (χ0) is 22.8. The number of H-pyrrole nitrogens is 1. The van der Waals surface area contributed by atoms with Crippen LogP contribution in [0.3, 0.4) is 0 Å². The molecule has 4 N–H and O–H groups in total. The number of nitrogens with one attached hydrogen (secondary N) is 3. The molecule has 1 amide bonds. The summed E-state index contributed by atoms with van der Waals surface area (Å²) < 4.78 is 0. The molecule has 2 aromatic heterocycles. The highest BCUT2D eigenvalue weighted by atomic mass is 35.5. The number of aromatic nitrogens is 3. The van der Waals surface area contributed by atoms with E-state index in [0.29, 0.717) is 41.5 Å². The van der Waals surface area contributed by atoms with Gasteiger partial charge in [-0.15, -0.1) is 0 Å². The van der Waals surface area contributed by atoms with Crippen LogP contribution >= 0.6 is 11.6 Å². The van der Waals surface area contributed by atoms with E-state index < -0.39 is 6.10 Å². The molecule has 0 bridgehead atoms. The molecule has 2 aromatic carbocycles. The van der Waals surface area contributed by atoms with Crippen molar-refractivity contribution in [1.29, 1.82) is 0 Å². The fourth-order valence-electron chi connectivity index (χ4n) is 4.46. The number of hydrogen-bond donors (Lipinski definition) is 4. The molecule has 0 aliphatic heterocycles. The highest BCUT2D eigenvalue weighted by Gasteiger charge is 2.29. The van der Waals surface area contributed by atoms with Gasteiger partial charge in [-0.05, 0) is 37.5 Å². The number of hydrogen-bond acceptors (Lipinski definition) is 5.